The number of carbonyl (C=O) groups is 1. The molecule has 0 aliphatic heterocycles. The maximum Gasteiger partial charge on any atom is 0.344 e. The van der Waals surface area contributed by atoms with E-state index in [1.165, 1.54) is 16.3 Å². The third-order valence-electron chi connectivity index (χ3n) is 4.29. The van der Waals surface area contributed by atoms with Gasteiger partial charge in [0.15, 0.2) is 10.9 Å². The molecule has 0 radical (unpaired) electrons. The summed E-state index contributed by atoms with van der Waals surface area (Å²) in [5.41, 5.74) is 2.13. The van der Waals surface area contributed by atoms with Gasteiger partial charge in [-0.05, 0) is 17.5 Å². The minimum Gasteiger partial charge on any atom is -0.293 e. The number of ketones is 1. The lowest BCUT2D eigenvalue weighted by molar-refractivity contribution is 0.102. The molecule has 1 heterocycles. The van der Waals surface area contributed by atoms with Crippen LogP contribution in [0.15, 0.2) is 64.5 Å². The number of thioether (sulfide) groups is 1. The largest absolute Gasteiger partial charge is 0.344 e. The summed E-state index contributed by atoms with van der Waals surface area (Å²) in [7, 11) is -3.21. The zero-order chi connectivity index (χ0) is 21.6. The van der Waals surface area contributed by atoms with Crippen molar-refractivity contribution < 1.29 is 13.2 Å². The Hall–Kier alpha value is -2.69. The molecule has 0 spiro atoms. The molecule has 8 nitrogen and oxygen atoms in total. The Bertz CT molecular complexity index is 1150. The summed E-state index contributed by atoms with van der Waals surface area (Å²) < 4.78 is 26.1. The van der Waals surface area contributed by atoms with E-state index in [-0.39, 0.29) is 17.2 Å². The number of Topliss-reactive ketones (excluding diaryl/α,β-unsaturated/α-hetero) is 1. The van der Waals surface area contributed by atoms with Crippen LogP contribution in [0.2, 0.25) is 0 Å². The second-order valence-electron chi connectivity index (χ2n) is 6.71. The highest BCUT2D eigenvalue weighted by Crippen LogP contribution is 2.17. The first kappa shape index (κ1) is 22.0. The molecular formula is C20H22N4O4S2. The highest BCUT2D eigenvalue weighted by atomic mass is 32.2. The van der Waals surface area contributed by atoms with E-state index in [4.69, 9.17) is 0 Å². The molecule has 2 N–H and O–H groups in total. The predicted molar refractivity (Wildman–Crippen MR) is 116 cm³/mol. The second-order valence-corrected chi connectivity index (χ2v) is 9.48. The number of aromatic amines is 1. The quantitative estimate of drug-likeness (QED) is 0.362. The second kappa shape index (κ2) is 9.88. The van der Waals surface area contributed by atoms with E-state index in [1.54, 1.807) is 12.1 Å². The van der Waals surface area contributed by atoms with Crippen LogP contribution in [-0.2, 0) is 23.0 Å². The van der Waals surface area contributed by atoms with E-state index < -0.39 is 10.0 Å². The summed E-state index contributed by atoms with van der Waals surface area (Å²) in [6.07, 6.45) is 1.65. The first-order valence-corrected chi connectivity index (χ1v) is 12.1. The van der Waals surface area contributed by atoms with Gasteiger partial charge in [0.05, 0.1) is 18.6 Å². The molecular weight excluding hydrogens is 424 g/mol. The van der Waals surface area contributed by atoms with Gasteiger partial charge in [-0.3, -0.25) is 9.36 Å². The lowest BCUT2D eigenvalue weighted by atomic mass is 10.1. The van der Waals surface area contributed by atoms with Crippen molar-refractivity contribution in [1.82, 2.24) is 19.5 Å². The number of hydrogen-bond acceptors (Lipinski definition) is 6. The van der Waals surface area contributed by atoms with Crippen molar-refractivity contribution in [2.45, 2.75) is 18.1 Å². The number of nitrogens with zero attached hydrogens (tertiary/aromatic N) is 2. The van der Waals surface area contributed by atoms with Gasteiger partial charge in [-0.1, -0.05) is 66.4 Å². The fraction of sp³-hybridized carbons (Fsp3) is 0.250. The van der Waals surface area contributed by atoms with Gasteiger partial charge < -0.3 is 0 Å². The Balaban J connectivity index is 1.58. The first-order valence-electron chi connectivity index (χ1n) is 9.20. The maximum atomic E-state index is 12.5. The zero-order valence-corrected chi connectivity index (χ0v) is 18.0. The molecule has 0 fully saturated rings. The standard InChI is InChI=1S/C20H22N4O4S2/c1-30(27,28)21-12-11-15-7-9-17(10-8-15)18(25)14-29-20-23-22-19(26)24(20)13-16-5-3-2-4-6-16/h2-10,21H,11-14H2,1H3,(H,22,26). The first-order chi connectivity index (χ1) is 14.3. The van der Waals surface area contributed by atoms with Crippen LogP contribution in [0.3, 0.4) is 0 Å². The van der Waals surface area contributed by atoms with Crippen molar-refractivity contribution in [2.75, 3.05) is 18.6 Å². The SMILES string of the molecule is CS(=O)(=O)NCCc1ccc(C(=O)CSc2n[nH]c(=O)n2Cc2ccccc2)cc1. The average Bonchev–Trinajstić information content (AvgIpc) is 3.06. The molecule has 1 aromatic heterocycles. The van der Waals surface area contributed by atoms with Crippen LogP contribution in [0.4, 0.5) is 0 Å². The van der Waals surface area contributed by atoms with Crippen LogP contribution < -0.4 is 10.4 Å². The summed E-state index contributed by atoms with van der Waals surface area (Å²) in [6.45, 7) is 0.684. The number of nitrogens with one attached hydrogen (secondary N) is 2. The molecule has 2 aromatic carbocycles. The molecule has 10 heteroatoms. The van der Waals surface area contributed by atoms with E-state index in [1.807, 2.05) is 42.5 Å². The molecule has 3 rings (SSSR count). The maximum absolute atomic E-state index is 12.5. The number of carbonyl (C=O) groups excluding carboxylic acids is 1. The molecule has 158 valence electrons. The van der Waals surface area contributed by atoms with Crippen molar-refractivity contribution in [1.29, 1.82) is 0 Å². The lowest BCUT2D eigenvalue weighted by Crippen LogP contribution is -2.24. The fourth-order valence-electron chi connectivity index (χ4n) is 2.77. The summed E-state index contributed by atoms with van der Waals surface area (Å²) in [5, 5.41) is 6.92. The van der Waals surface area contributed by atoms with Crippen LogP contribution >= 0.6 is 11.8 Å². The normalized spacial score (nSPS) is 11.5. The summed E-state index contributed by atoms with van der Waals surface area (Å²) in [5.74, 6) is 0.0659. The summed E-state index contributed by atoms with van der Waals surface area (Å²) in [4.78, 5) is 24.6. The van der Waals surface area contributed by atoms with Gasteiger partial charge in [0, 0.05) is 12.1 Å². The minimum absolute atomic E-state index is 0.0810. The number of sulfonamides is 1. The van der Waals surface area contributed by atoms with Crippen LogP contribution in [0, 0.1) is 0 Å². The van der Waals surface area contributed by atoms with E-state index >= 15 is 0 Å². The minimum atomic E-state index is -3.21. The molecule has 0 unspecified atom stereocenters. The van der Waals surface area contributed by atoms with Gasteiger partial charge in [-0.25, -0.2) is 23.0 Å². The smallest absolute Gasteiger partial charge is 0.293 e. The molecule has 0 aliphatic rings. The van der Waals surface area contributed by atoms with E-state index in [0.717, 1.165) is 17.4 Å². The van der Waals surface area contributed by atoms with Crippen molar-refractivity contribution in [2.24, 2.45) is 0 Å². The molecule has 0 saturated carbocycles. The zero-order valence-electron chi connectivity index (χ0n) is 16.4. The molecule has 0 amide bonds. The third-order valence-corrected chi connectivity index (χ3v) is 6.00. The third kappa shape index (κ3) is 6.41. The lowest BCUT2D eigenvalue weighted by Gasteiger charge is -2.06. The molecule has 0 saturated heterocycles. The van der Waals surface area contributed by atoms with Gasteiger partial charge in [0.1, 0.15) is 0 Å². The van der Waals surface area contributed by atoms with Crippen LogP contribution in [0.5, 0.6) is 0 Å². The fourth-order valence-corrected chi connectivity index (χ4v) is 4.08. The Kier molecular flexibility index (Phi) is 7.24. The molecule has 3 aromatic rings. The van der Waals surface area contributed by atoms with Crippen LogP contribution in [-0.4, -0.2) is 47.5 Å². The monoisotopic (exact) mass is 446 g/mol. The Morgan fingerprint density at radius 3 is 2.47 bits per heavy atom. The molecule has 0 atom stereocenters. The van der Waals surface area contributed by atoms with Gasteiger partial charge in [0.25, 0.3) is 0 Å². The average molecular weight is 447 g/mol. The van der Waals surface area contributed by atoms with Gasteiger partial charge in [-0.2, -0.15) is 0 Å². The Labute approximate surface area is 178 Å². The number of H-pyrrole nitrogens is 1. The van der Waals surface area contributed by atoms with Gasteiger partial charge >= 0.3 is 5.69 Å². The number of benzene rings is 2. The van der Waals surface area contributed by atoms with Crippen molar-refractivity contribution in [3.05, 3.63) is 81.8 Å². The Morgan fingerprint density at radius 1 is 1.10 bits per heavy atom. The van der Waals surface area contributed by atoms with Gasteiger partial charge in [-0.15, -0.1) is 5.10 Å². The van der Waals surface area contributed by atoms with Crippen molar-refractivity contribution >= 4 is 27.6 Å². The van der Waals surface area contributed by atoms with Crippen LogP contribution in [0.1, 0.15) is 21.5 Å². The van der Waals surface area contributed by atoms with Gasteiger partial charge in [0.2, 0.25) is 10.0 Å². The van der Waals surface area contributed by atoms with E-state index in [9.17, 15) is 18.0 Å². The highest BCUT2D eigenvalue weighted by Gasteiger charge is 2.13. The Morgan fingerprint density at radius 2 is 1.80 bits per heavy atom. The van der Waals surface area contributed by atoms with Crippen molar-refractivity contribution in [3.63, 3.8) is 0 Å². The predicted octanol–water partition coefficient (Wildman–Crippen LogP) is 1.69. The van der Waals surface area contributed by atoms with E-state index in [0.29, 0.717) is 30.2 Å². The highest BCUT2D eigenvalue weighted by molar-refractivity contribution is 7.99. The van der Waals surface area contributed by atoms with E-state index in [2.05, 4.69) is 14.9 Å². The van der Waals surface area contributed by atoms with Crippen LogP contribution in [0.25, 0.3) is 0 Å². The molecule has 0 bridgehead atoms. The number of aromatic nitrogens is 3. The number of hydrogen-bond donors (Lipinski definition) is 2. The number of rotatable bonds is 10. The topological polar surface area (TPSA) is 114 Å². The summed E-state index contributed by atoms with van der Waals surface area (Å²) in [6, 6.07) is 16.6. The molecule has 0 aliphatic carbocycles. The molecule has 30 heavy (non-hydrogen) atoms. The van der Waals surface area contributed by atoms with Crippen molar-refractivity contribution in [3.8, 4) is 0 Å². The summed E-state index contributed by atoms with van der Waals surface area (Å²) >= 11 is 1.21.